The number of rotatable bonds is 11. The van der Waals surface area contributed by atoms with Gasteiger partial charge in [0.1, 0.15) is 5.75 Å². The van der Waals surface area contributed by atoms with E-state index in [1.807, 2.05) is 25.1 Å². The molecule has 0 saturated carbocycles. The smallest absolute Gasteiger partial charge is 0.323 e. The summed E-state index contributed by atoms with van der Waals surface area (Å²) < 4.78 is 5.43. The zero-order valence-corrected chi connectivity index (χ0v) is 22.2. The molecular weight excluding hydrogens is 504 g/mol. The SMILES string of the molecule is COc1cccc(CC(=O)N(C)Cc2cc(C(CC(=O)O)NC(C)=O)[nH]n2)c1NC(=O)Nc1ccccc1C. The number of nitrogens with one attached hydrogen (secondary N) is 4. The molecule has 0 aliphatic rings. The van der Waals surface area contributed by atoms with Crippen LogP contribution in [0.1, 0.15) is 41.9 Å². The Labute approximate surface area is 225 Å². The Hall–Kier alpha value is -4.87. The van der Waals surface area contributed by atoms with Gasteiger partial charge < -0.3 is 30.7 Å². The number of carboxylic acids is 1. The van der Waals surface area contributed by atoms with E-state index >= 15 is 0 Å². The van der Waals surface area contributed by atoms with Gasteiger partial charge in [-0.1, -0.05) is 30.3 Å². The van der Waals surface area contributed by atoms with E-state index < -0.39 is 18.0 Å². The van der Waals surface area contributed by atoms with E-state index in [-0.39, 0.29) is 31.2 Å². The quantitative estimate of drug-likeness (QED) is 0.251. The summed E-state index contributed by atoms with van der Waals surface area (Å²) in [6.45, 7) is 3.31. The fourth-order valence-corrected chi connectivity index (χ4v) is 3.94. The number of hydrogen-bond donors (Lipinski definition) is 5. The van der Waals surface area contributed by atoms with Crippen LogP contribution in [-0.2, 0) is 27.3 Å². The van der Waals surface area contributed by atoms with Gasteiger partial charge >= 0.3 is 12.0 Å². The van der Waals surface area contributed by atoms with E-state index in [4.69, 9.17) is 9.84 Å². The van der Waals surface area contributed by atoms with Crippen molar-refractivity contribution in [2.24, 2.45) is 0 Å². The minimum Gasteiger partial charge on any atom is -0.495 e. The minimum absolute atomic E-state index is 0.0293. The summed E-state index contributed by atoms with van der Waals surface area (Å²) in [5, 5.41) is 24.2. The van der Waals surface area contributed by atoms with Crippen LogP contribution in [0.5, 0.6) is 5.75 Å². The van der Waals surface area contributed by atoms with Crippen LogP contribution in [0, 0.1) is 6.92 Å². The van der Waals surface area contributed by atoms with E-state index in [1.165, 1.54) is 18.9 Å². The van der Waals surface area contributed by atoms with E-state index in [0.29, 0.717) is 34.1 Å². The summed E-state index contributed by atoms with van der Waals surface area (Å²) in [5.74, 6) is -1.30. The Kier molecular flexibility index (Phi) is 9.63. The number of benzene rings is 2. The fraction of sp³-hybridized carbons (Fsp3) is 0.296. The molecule has 0 aliphatic carbocycles. The van der Waals surface area contributed by atoms with E-state index in [0.717, 1.165) is 5.56 Å². The zero-order valence-electron chi connectivity index (χ0n) is 22.2. The van der Waals surface area contributed by atoms with Crippen molar-refractivity contribution in [3.05, 3.63) is 71.0 Å². The highest BCUT2D eigenvalue weighted by Crippen LogP contribution is 2.29. The molecule has 3 rings (SSSR count). The van der Waals surface area contributed by atoms with Gasteiger partial charge in [-0.25, -0.2) is 4.79 Å². The summed E-state index contributed by atoms with van der Waals surface area (Å²) in [6, 6.07) is 12.9. The molecule has 1 heterocycles. The van der Waals surface area contributed by atoms with Crippen molar-refractivity contribution < 1.29 is 29.0 Å². The van der Waals surface area contributed by atoms with Crippen molar-refractivity contribution in [2.75, 3.05) is 24.8 Å². The highest BCUT2D eigenvalue weighted by molar-refractivity contribution is 6.02. The van der Waals surface area contributed by atoms with Gasteiger partial charge in [-0.3, -0.25) is 19.5 Å². The molecule has 39 heavy (non-hydrogen) atoms. The maximum Gasteiger partial charge on any atom is 0.323 e. The third-order valence-electron chi connectivity index (χ3n) is 5.91. The number of likely N-dealkylation sites (N-methyl/N-ethyl adjacent to an activating group) is 1. The standard InChI is InChI=1S/C27H32N6O6/c1-16-8-5-6-10-20(16)29-27(38)30-26-18(9-7-11-23(26)39-4)12-24(35)33(3)15-19-13-22(32-31-19)21(14-25(36)37)28-17(2)34/h5-11,13,21H,12,14-15H2,1-4H3,(H,28,34)(H,31,32)(H,36,37)(H2,29,30,38). The van der Waals surface area contributed by atoms with Gasteiger partial charge in [0.25, 0.3) is 0 Å². The van der Waals surface area contributed by atoms with Gasteiger partial charge in [-0.05, 0) is 36.2 Å². The molecule has 0 saturated heterocycles. The first kappa shape index (κ1) is 28.7. The number of carboxylic acid groups (broad SMARTS) is 1. The van der Waals surface area contributed by atoms with Crippen molar-refractivity contribution in [1.29, 1.82) is 0 Å². The highest BCUT2D eigenvalue weighted by Gasteiger charge is 2.21. The maximum absolute atomic E-state index is 13.1. The first-order valence-corrected chi connectivity index (χ1v) is 12.1. The zero-order chi connectivity index (χ0) is 28.5. The second kappa shape index (κ2) is 13.1. The molecule has 206 valence electrons. The number of aromatic amines is 1. The molecule has 12 heteroatoms. The largest absolute Gasteiger partial charge is 0.495 e. The number of anilines is 2. The number of aromatic nitrogens is 2. The van der Waals surface area contributed by atoms with Gasteiger partial charge in [-0.15, -0.1) is 0 Å². The summed E-state index contributed by atoms with van der Waals surface area (Å²) in [4.78, 5) is 50.0. The molecule has 3 aromatic rings. The minimum atomic E-state index is -1.08. The molecule has 0 radical (unpaired) electrons. The Morgan fingerprint density at radius 3 is 2.51 bits per heavy atom. The number of para-hydroxylation sites is 2. The Morgan fingerprint density at radius 1 is 1.10 bits per heavy atom. The predicted molar refractivity (Wildman–Crippen MR) is 144 cm³/mol. The number of hydrogen-bond acceptors (Lipinski definition) is 6. The van der Waals surface area contributed by atoms with Gasteiger partial charge in [-0.2, -0.15) is 5.10 Å². The molecule has 1 atom stereocenters. The number of aryl methyl sites for hydroxylation is 1. The average Bonchev–Trinajstić information content (AvgIpc) is 3.34. The van der Waals surface area contributed by atoms with Crippen LogP contribution in [0.25, 0.3) is 0 Å². The molecule has 0 aliphatic heterocycles. The van der Waals surface area contributed by atoms with Gasteiger partial charge in [0.2, 0.25) is 11.8 Å². The van der Waals surface area contributed by atoms with Crippen LogP contribution in [0.3, 0.4) is 0 Å². The van der Waals surface area contributed by atoms with Crippen LogP contribution < -0.4 is 20.7 Å². The van der Waals surface area contributed by atoms with Crippen LogP contribution in [0.4, 0.5) is 16.2 Å². The number of nitrogens with zero attached hydrogens (tertiary/aromatic N) is 2. The van der Waals surface area contributed by atoms with Gasteiger partial charge in [0, 0.05) is 19.7 Å². The number of methoxy groups -OCH3 is 1. The number of aliphatic carboxylic acids is 1. The van der Waals surface area contributed by atoms with Crippen LogP contribution in [-0.4, -0.2) is 58.2 Å². The number of amides is 4. The lowest BCUT2D eigenvalue weighted by molar-refractivity contribution is -0.137. The summed E-state index contributed by atoms with van der Waals surface area (Å²) in [7, 11) is 3.09. The summed E-state index contributed by atoms with van der Waals surface area (Å²) in [5.41, 5.74) is 3.40. The van der Waals surface area contributed by atoms with E-state index in [1.54, 1.807) is 37.4 Å². The van der Waals surface area contributed by atoms with Crippen molar-refractivity contribution in [1.82, 2.24) is 20.4 Å². The molecule has 1 unspecified atom stereocenters. The maximum atomic E-state index is 13.1. The van der Waals surface area contributed by atoms with Crippen molar-refractivity contribution in [3.63, 3.8) is 0 Å². The number of carbonyl (C=O) groups excluding carboxylic acids is 3. The second-order valence-electron chi connectivity index (χ2n) is 8.98. The van der Waals surface area contributed by atoms with Gasteiger partial charge in [0.05, 0.1) is 49.6 Å². The normalized spacial score (nSPS) is 11.3. The Balaban J connectivity index is 1.70. The van der Waals surface area contributed by atoms with Crippen molar-refractivity contribution in [3.8, 4) is 5.75 Å². The number of ether oxygens (including phenoxy) is 1. The van der Waals surface area contributed by atoms with Crippen molar-refractivity contribution >= 4 is 35.2 Å². The third kappa shape index (κ3) is 8.06. The lowest BCUT2D eigenvalue weighted by atomic mass is 10.1. The Morgan fingerprint density at radius 2 is 1.85 bits per heavy atom. The van der Waals surface area contributed by atoms with E-state index in [2.05, 4.69) is 26.1 Å². The molecule has 0 spiro atoms. The molecule has 5 N–H and O–H groups in total. The third-order valence-corrected chi connectivity index (χ3v) is 5.91. The second-order valence-corrected chi connectivity index (χ2v) is 8.98. The summed E-state index contributed by atoms with van der Waals surface area (Å²) in [6.07, 6.45) is -0.350. The first-order chi connectivity index (χ1) is 18.6. The Bertz CT molecular complexity index is 1340. The topological polar surface area (TPSA) is 166 Å². The first-order valence-electron chi connectivity index (χ1n) is 12.1. The molecule has 4 amide bonds. The molecule has 1 aromatic heterocycles. The molecule has 12 nitrogen and oxygen atoms in total. The number of H-pyrrole nitrogens is 1. The van der Waals surface area contributed by atoms with Crippen LogP contribution in [0.2, 0.25) is 0 Å². The van der Waals surface area contributed by atoms with Crippen LogP contribution in [0.15, 0.2) is 48.5 Å². The highest BCUT2D eigenvalue weighted by atomic mass is 16.5. The van der Waals surface area contributed by atoms with Crippen LogP contribution >= 0.6 is 0 Å². The molecule has 0 fully saturated rings. The monoisotopic (exact) mass is 536 g/mol. The summed E-state index contributed by atoms with van der Waals surface area (Å²) >= 11 is 0. The number of urea groups is 1. The average molecular weight is 537 g/mol. The van der Waals surface area contributed by atoms with E-state index in [9.17, 15) is 19.2 Å². The fourth-order valence-electron chi connectivity index (χ4n) is 3.94. The number of carbonyl (C=O) groups is 4. The van der Waals surface area contributed by atoms with Crippen molar-refractivity contribution in [2.45, 2.75) is 39.3 Å². The van der Waals surface area contributed by atoms with Gasteiger partial charge in [0.15, 0.2) is 0 Å². The predicted octanol–water partition coefficient (Wildman–Crippen LogP) is 3.22. The molecule has 0 bridgehead atoms. The molecular formula is C27H32N6O6. The lowest BCUT2D eigenvalue weighted by Gasteiger charge is -2.19. The molecule has 2 aromatic carbocycles. The lowest BCUT2D eigenvalue weighted by Crippen LogP contribution is -2.29.